The third-order valence-corrected chi connectivity index (χ3v) is 4.11. The van der Waals surface area contributed by atoms with Crippen LogP contribution in [0.3, 0.4) is 0 Å². The van der Waals surface area contributed by atoms with E-state index in [0.717, 1.165) is 17.8 Å². The van der Waals surface area contributed by atoms with E-state index in [1.165, 1.54) is 24.2 Å². The third-order valence-electron chi connectivity index (χ3n) is 2.91. The van der Waals surface area contributed by atoms with Crippen LogP contribution in [-0.2, 0) is 4.74 Å². The average Bonchev–Trinajstić information content (AvgIpc) is 2.88. The van der Waals surface area contributed by atoms with Gasteiger partial charge < -0.3 is 4.74 Å². The minimum Gasteiger partial charge on any atom is -0.384 e. The second kappa shape index (κ2) is 3.13. The van der Waals surface area contributed by atoms with E-state index in [-0.39, 0.29) is 5.69 Å². The zero-order valence-corrected chi connectivity index (χ0v) is 8.80. The number of ether oxygens (including phenoxy) is 1. The summed E-state index contributed by atoms with van der Waals surface area (Å²) in [5.74, 6) is -0.673. The molecule has 0 radical (unpaired) electrons. The van der Waals surface area contributed by atoms with Crippen molar-refractivity contribution in [2.75, 3.05) is 0 Å². The SMILES string of the molecule is O=C1OC(=O)c2sc(C3CCCC3)nc21. The van der Waals surface area contributed by atoms with Crippen LogP contribution in [0.1, 0.15) is 56.8 Å². The molecular formula is C10H9NO3S. The van der Waals surface area contributed by atoms with Gasteiger partial charge in [-0.3, -0.25) is 0 Å². The zero-order valence-electron chi connectivity index (χ0n) is 7.99. The van der Waals surface area contributed by atoms with Gasteiger partial charge in [-0.15, -0.1) is 11.3 Å². The molecule has 0 amide bonds. The molecule has 5 heteroatoms. The molecule has 2 heterocycles. The van der Waals surface area contributed by atoms with E-state index in [0.29, 0.717) is 10.8 Å². The first-order valence-electron chi connectivity index (χ1n) is 5.03. The van der Waals surface area contributed by atoms with Crippen LogP contribution in [0, 0.1) is 0 Å². The Kier molecular flexibility index (Phi) is 1.88. The number of fused-ring (bicyclic) bond motifs is 1. The van der Waals surface area contributed by atoms with Crippen LogP contribution in [0.5, 0.6) is 0 Å². The Morgan fingerprint density at radius 3 is 2.60 bits per heavy atom. The molecule has 1 saturated carbocycles. The molecule has 0 bridgehead atoms. The van der Waals surface area contributed by atoms with Gasteiger partial charge >= 0.3 is 11.9 Å². The number of aromatic nitrogens is 1. The number of thiazole rings is 1. The van der Waals surface area contributed by atoms with Crippen molar-refractivity contribution >= 4 is 23.3 Å². The molecule has 1 fully saturated rings. The first-order chi connectivity index (χ1) is 7.25. The van der Waals surface area contributed by atoms with Gasteiger partial charge in [-0.05, 0) is 12.8 Å². The molecule has 1 aromatic rings. The number of hydrogen-bond acceptors (Lipinski definition) is 5. The van der Waals surface area contributed by atoms with Gasteiger partial charge in [-0.1, -0.05) is 12.8 Å². The normalized spacial score (nSPS) is 20.8. The maximum atomic E-state index is 11.2. The number of cyclic esters (lactones) is 2. The second-order valence-electron chi connectivity index (χ2n) is 3.89. The van der Waals surface area contributed by atoms with Gasteiger partial charge in [0.2, 0.25) is 0 Å². The lowest BCUT2D eigenvalue weighted by molar-refractivity contribution is 0.0442. The Balaban J connectivity index is 2.00. The minimum absolute atomic E-state index is 0.229. The Morgan fingerprint density at radius 1 is 1.20 bits per heavy atom. The summed E-state index contributed by atoms with van der Waals surface area (Å²) in [5.41, 5.74) is 0.229. The Labute approximate surface area is 90.3 Å². The van der Waals surface area contributed by atoms with Crippen molar-refractivity contribution in [3.05, 3.63) is 15.6 Å². The van der Waals surface area contributed by atoms with Gasteiger partial charge in [0.05, 0.1) is 5.01 Å². The van der Waals surface area contributed by atoms with E-state index in [1.54, 1.807) is 0 Å². The van der Waals surface area contributed by atoms with Crippen LogP contribution in [0.25, 0.3) is 0 Å². The molecule has 0 saturated heterocycles. The fourth-order valence-electron chi connectivity index (χ4n) is 2.14. The standard InChI is InChI=1S/C10H9NO3S/c12-9-6-7(10(13)14-9)15-8(11-6)5-3-1-2-4-5/h5H,1-4H2. The molecule has 0 spiro atoms. The minimum atomic E-state index is -0.588. The van der Waals surface area contributed by atoms with Gasteiger partial charge in [0.25, 0.3) is 0 Å². The maximum Gasteiger partial charge on any atom is 0.366 e. The van der Waals surface area contributed by atoms with Crippen molar-refractivity contribution in [2.24, 2.45) is 0 Å². The monoisotopic (exact) mass is 223 g/mol. The van der Waals surface area contributed by atoms with Crippen LogP contribution >= 0.6 is 11.3 Å². The highest BCUT2D eigenvalue weighted by Gasteiger charge is 2.36. The Hall–Kier alpha value is -1.23. The van der Waals surface area contributed by atoms with Crippen molar-refractivity contribution < 1.29 is 14.3 Å². The summed E-state index contributed by atoms with van der Waals surface area (Å²) >= 11 is 1.32. The summed E-state index contributed by atoms with van der Waals surface area (Å²) in [6.07, 6.45) is 4.67. The molecule has 1 aliphatic heterocycles. The van der Waals surface area contributed by atoms with Crippen LogP contribution in [0.2, 0.25) is 0 Å². The van der Waals surface area contributed by atoms with Gasteiger partial charge in [-0.2, -0.15) is 0 Å². The molecule has 15 heavy (non-hydrogen) atoms. The number of nitrogens with zero attached hydrogens (tertiary/aromatic N) is 1. The second-order valence-corrected chi connectivity index (χ2v) is 4.92. The van der Waals surface area contributed by atoms with E-state index >= 15 is 0 Å². The molecule has 0 unspecified atom stereocenters. The van der Waals surface area contributed by atoms with Gasteiger partial charge in [0.1, 0.15) is 4.88 Å². The molecule has 1 aliphatic carbocycles. The molecule has 3 rings (SSSR count). The van der Waals surface area contributed by atoms with E-state index in [2.05, 4.69) is 9.72 Å². The molecule has 0 aromatic carbocycles. The summed E-state index contributed by atoms with van der Waals surface area (Å²) in [7, 11) is 0. The highest BCUT2D eigenvalue weighted by Crippen LogP contribution is 2.38. The lowest BCUT2D eigenvalue weighted by Crippen LogP contribution is -2.01. The molecule has 4 nitrogen and oxygen atoms in total. The van der Waals surface area contributed by atoms with Crippen molar-refractivity contribution in [2.45, 2.75) is 31.6 Å². The van der Waals surface area contributed by atoms with Crippen molar-refractivity contribution in [3.63, 3.8) is 0 Å². The molecule has 0 N–H and O–H groups in total. The van der Waals surface area contributed by atoms with Crippen molar-refractivity contribution in [1.29, 1.82) is 0 Å². The van der Waals surface area contributed by atoms with Gasteiger partial charge in [0.15, 0.2) is 5.69 Å². The third kappa shape index (κ3) is 1.30. The van der Waals surface area contributed by atoms with Crippen LogP contribution in [0.15, 0.2) is 0 Å². The van der Waals surface area contributed by atoms with Crippen molar-refractivity contribution in [1.82, 2.24) is 4.98 Å². The fourth-order valence-corrected chi connectivity index (χ4v) is 3.24. The number of carbonyl (C=O) groups is 2. The predicted molar refractivity (Wildman–Crippen MR) is 53.1 cm³/mol. The van der Waals surface area contributed by atoms with Gasteiger partial charge in [-0.25, -0.2) is 14.6 Å². The van der Waals surface area contributed by atoms with E-state index < -0.39 is 11.9 Å². The van der Waals surface area contributed by atoms with Crippen molar-refractivity contribution in [3.8, 4) is 0 Å². The van der Waals surface area contributed by atoms with E-state index in [4.69, 9.17) is 0 Å². The smallest absolute Gasteiger partial charge is 0.366 e. The molecule has 2 aliphatic rings. The van der Waals surface area contributed by atoms with Crippen LogP contribution < -0.4 is 0 Å². The van der Waals surface area contributed by atoms with Gasteiger partial charge in [0, 0.05) is 5.92 Å². The fraction of sp³-hybridized carbons (Fsp3) is 0.500. The summed E-state index contributed by atoms with van der Waals surface area (Å²) in [4.78, 5) is 27.1. The lowest BCUT2D eigenvalue weighted by atomic mass is 10.1. The summed E-state index contributed by atoms with van der Waals surface area (Å²) in [5, 5.41) is 0.933. The lowest BCUT2D eigenvalue weighted by Gasteiger charge is -2.02. The first-order valence-corrected chi connectivity index (χ1v) is 5.84. The number of carbonyl (C=O) groups excluding carboxylic acids is 2. The molecular weight excluding hydrogens is 214 g/mol. The Morgan fingerprint density at radius 2 is 1.93 bits per heavy atom. The topological polar surface area (TPSA) is 56.3 Å². The van der Waals surface area contributed by atoms with Crippen LogP contribution in [-0.4, -0.2) is 16.9 Å². The summed E-state index contributed by atoms with van der Waals surface area (Å²) < 4.78 is 4.46. The summed E-state index contributed by atoms with van der Waals surface area (Å²) in [6, 6.07) is 0. The predicted octanol–water partition coefficient (Wildman–Crippen LogP) is 2.11. The average molecular weight is 223 g/mol. The van der Waals surface area contributed by atoms with E-state index in [1.807, 2.05) is 0 Å². The van der Waals surface area contributed by atoms with E-state index in [9.17, 15) is 9.59 Å². The summed E-state index contributed by atoms with van der Waals surface area (Å²) in [6.45, 7) is 0. The highest BCUT2D eigenvalue weighted by atomic mass is 32.1. The number of esters is 2. The number of rotatable bonds is 1. The number of hydrogen-bond donors (Lipinski definition) is 0. The molecule has 0 atom stereocenters. The molecule has 78 valence electrons. The first kappa shape index (κ1) is 9.03. The maximum absolute atomic E-state index is 11.2. The van der Waals surface area contributed by atoms with Crippen LogP contribution in [0.4, 0.5) is 0 Å². The zero-order chi connectivity index (χ0) is 10.4. The largest absolute Gasteiger partial charge is 0.384 e. The molecule has 1 aromatic heterocycles. The highest BCUT2D eigenvalue weighted by molar-refractivity contribution is 7.14. The Bertz CT molecular complexity index is 414. The quantitative estimate of drug-likeness (QED) is 0.540.